The van der Waals surface area contributed by atoms with Crippen LogP contribution in [0.15, 0.2) is 41.7 Å². The molecule has 2 rings (SSSR count). The summed E-state index contributed by atoms with van der Waals surface area (Å²) >= 11 is 5.11. The van der Waals surface area contributed by atoms with Gasteiger partial charge in [0.25, 0.3) is 0 Å². The first-order valence-electron chi connectivity index (χ1n) is 8.88. The lowest BCUT2D eigenvalue weighted by Crippen LogP contribution is -2.35. The van der Waals surface area contributed by atoms with Gasteiger partial charge in [-0.3, -0.25) is 9.88 Å². The van der Waals surface area contributed by atoms with Gasteiger partial charge in [-0.1, -0.05) is 6.07 Å². The smallest absolute Gasteiger partial charge is 0.417 e. The lowest BCUT2D eigenvalue weighted by molar-refractivity contribution is -0.137. The molecule has 2 aromatic heterocycles. The van der Waals surface area contributed by atoms with Gasteiger partial charge in [-0.25, -0.2) is 14.8 Å². The summed E-state index contributed by atoms with van der Waals surface area (Å²) in [5.74, 6) is -0.143. The Morgan fingerprint density at radius 1 is 1.26 bits per heavy atom. The van der Waals surface area contributed by atoms with E-state index in [4.69, 9.17) is 22.7 Å². The SMILES string of the molecule is CN(C(=O)OC(C)(C)C)c1cc(C(F)(F)F)cnc1NC(=S)/N=C(\N)c1ccccn1. The van der Waals surface area contributed by atoms with Gasteiger partial charge >= 0.3 is 12.3 Å². The number of nitrogens with two attached hydrogens (primary N) is 1. The Labute approximate surface area is 182 Å². The Morgan fingerprint density at radius 2 is 1.94 bits per heavy atom. The molecule has 0 aromatic carbocycles. The van der Waals surface area contributed by atoms with Crippen LogP contribution in [-0.4, -0.2) is 39.7 Å². The lowest BCUT2D eigenvalue weighted by Gasteiger charge is -2.26. The number of nitrogens with one attached hydrogen (secondary N) is 1. The number of carbonyl (C=O) groups excluding carboxylic acids is 1. The molecule has 0 aliphatic rings. The molecule has 0 unspecified atom stereocenters. The minimum atomic E-state index is -4.67. The number of alkyl halides is 3. The van der Waals surface area contributed by atoms with Crippen molar-refractivity contribution in [2.75, 3.05) is 17.3 Å². The zero-order valence-electron chi connectivity index (χ0n) is 17.2. The Kier molecular flexibility index (Phi) is 7.16. The normalized spacial score (nSPS) is 12.3. The van der Waals surface area contributed by atoms with Crippen molar-refractivity contribution in [1.82, 2.24) is 9.97 Å². The number of ether oxygens (including phenoxy) is 1. The average Bonchev–Trinajstić information content (AvgIpc) is 2.66. The fraction of sp³-hybridized carbons (Fsp3) is 0.316. The van der Waals surface area contributed by atoms with Crippen LogP contribution in [0.5, 0.6) is 0 Å². The predicted molar refractivity (Wildman–Crippen MR) is 115 cm³/mol. The number of aliphatic imine (C=N–C) groups is 1. The molecule has 0 atom stereocenters. The molecule has 0 bridgehead atoms. The molecule has 1 amide bonds. The Hall–Kier alpha value is -3.28. The first-order valence-corrected chi connectivity index (χ1v) is 9.29. The zero-order valence-corrected chi connectivity index (χ0v) is 18.0. The van der Waals surface area contributed by atoms with Gasteiger partial charge in [0.1, 0.15) is 11.3 Å². The second-order valence-corrected chi connectivity index (χ2v) is 7.66. The van der Waals surface area contributed by atoms with Gasteiger partial charge < -0.3 is 15.8 Å². The summed E-state index contributed by atoms with van der Waals surface area (Å²) in [6, 6.07) is 5.76. The molecule has 0 saturated carbocycles. The van der Waals surface area contributed by atoms with E-state index in [1.807, 2.05) is 0 Å². The molecule has 0 fully saturated rings. The summed E-state index contributed by atoms with van der Waals surface area (Å²) in [7, 11) is 1.25. The van der Waals surface area contributed by atoms with Gasteiger partial charge in [0.05, 0.1) is 11.3 Å². The maximum Gasteiger partial charge on any atom is 0.417 e. The van der Waals surface area contributed by atoms with Crippen LogP contribution in [0.25, 0.3) is 0 Å². The number of thiocarbonyl (C=S) groups is 1. The molecule has 2 heterocycles. The minimum Gasteiger partial charge on any atom is -0.443 e. The summed E-state index contributed by atoms with van der Waals surface area (Å²) in [4.78, 5) is 25.1. The van der Waals surface area contributed by atoms with E-state index in [-0.39, 0.29) is 22.5 Å². The van der Waals surface area contributed by atoms with Crippen LogP contribution in [0.2, 0.25) is 0 Å². The van der Waals surface area contributed by atoms with Crippen molar-refractivity contribution in [1.29, 1.82) is 0 Å². The molecule has 0 aliphatic heterocycles. The number of amidine groups is 1. The van der Waals surface area contributed by atoms with Gasteiger partial charge in [0.15, 0.2) is 16.8 Å². The number of carbonyl (C=O) groups is 1. The van der Waals surface area contributed by atoms with E-state index < -0.39 is 23.4 Å². The molecule has 12 heteroatoms. The number of hydrogen-bond donors (Lipinski definition) is 2. The van der Waals surface area contributed by atoms with Crippen LogP contribution in [0.3, 0.4) is 0 Å². The van der Waals surface area contributed by atoms with Crippen molar-refractivity contribution >= 4 is 40.8 Å². The number of pyridine rings is 2. The lowest BCUT2D eigenvalue weighted by atomic mass is 10.2. The summed E-state index contributed by atoms with van der Waals surface area (Å²) in [6.45, 7) is 4.89. The Balaban J connectivity index is 2.37. The van der Waals surface area contributed by atoms with Gasteiger partial charge in [-0.15, -0.1) is 0 Å². The van der Waals surface area contributed by atoms with Gasteiger partial charge in [0.2, 0.25) is 0 Å². The molecule has 0 saturated heterocycles. The van der Waals surface area contributed by atoms with E-state index in [0.717, 1.165) is 11.0 Å². The van der Waals surface area contributed by atoms with Crippen molar-refractivity contribution in [3.8, 4) is 0 Å². The number of nitrogens with zero attached hydrogens (tertiary/aromatic N) is 4. The summed E-state index contributed by atoms with van der Waals surface area (Å²) in [5, 5.41) is 2.41. The highest BCUT2D eigenvalue weighted by Gasteiger charge is 2.33. The topological polar surface area (TPSA) is 106 Å². The molecular weight excluding hydrogens is 433 g/mol. The average molecular weight is 454 g/mol. The van der Waals surface area contributed by atoms with E-state index in [0.29, 0.717) is 11.9 Å². The van der Waals surface area contributed by atoms with E-state index in [1.54, 1.807) is 39.0 Å². The molecule has 2 aromatic rings. The monoisotopic (exact) mass is 454 g/mol. The predicted octanol–water partition coefficient (Wildman–Crippen LogP) is 3.97. The number of halogens is 3. The number of aromatic nitrogens is 2. The van der Waals surface area contributed by atoms with E-state index in [2.05, 4.69) is 20.3 Å². The van der Waals surface area contributed by atoms with Crippen molar-refractivity contribution in [3.05, 3.63) is 47.9 Å². The molecule has 3 N–H and O–H groups in total. The third-order valence-corrected chi connectivity index (χ3v) is 3.79. The first kappa shape index (κ1) is 24.0. The van der Waals surface area contributed by atoms with Crippen LogP contribution in [-0.2, 0) is 10.9 Å². The molecule has 8 nitrogen and oxygen atoms in total. The molecule has 0 aliphatic carbocycles. The molecule has 166 valence electrons. The molecule has 0 radical (unpaired) electrons. The second-order valence-electron chi connectivity index (χ2n) is 7.27. The number of amides is 1. The van der Waals surface area contributed by atoms with Gasteiger partial charge in [0, 0.05) is 19.4 Å². The molecular formula is C19H21F3N6O2S. The maximum atomic E-state index is 13.2. The van der Waals surface area contributed by atoms with Crippen molar-refractivity contribution in [2.24, 2.45) is 10.7 Å². The highest BCUT2D eigenvalue weighted by atomic mass is 32.1. The van der Waals surface area contributed by atoms with Crippen LogP contribution in [0.1, 0.15) is 32.0 Å². The Bertz CT molecular complexity index is 990. The van der Waals surface area contributed by atoms with Crippen LogP contribution in [0.4, 0.5) is 29.5 Å². The van der Waals surface area contributed by atoms with Gasteiger partial charge in [-0.2, -0.15) is 13.2 Å². The highest BCUT2D eigenvalue weighted by molar-refractivity contribution is 7.80. The first-order chi connectivity index (χ1) is 14.3. The van der Waals surface area contributed by atoms with Crippen LogP contribution < -0.4 is 16.0 Å². The number of anilines is 2. The fourth-order valence-electron chi connectivity index (χ4n) is 2.20. The standard InChI is InChI=1S/C19H21F3N6O2S/c1-18(2,3)30-17(29)28(4)13-9-11(19(20,21)22)10-25-15(13)27-16(31)26-14(23)12-7-5-6-8-24-12/h5-10H,1-4H3,(H3,23,25,26,27,31). The summed E-state index contributed by atoms with van der Waals surface area (Å²) < 4.78 is 44.8. The second kappa shape index (κ2) is 9.25. The zero-order chi connectivity index (χ0) is 23.4. The van der Waals surface area contributed by atoms with Crippen molar-refractivity contribution in [2.45, 2.75) is 32.5 Å². The molecule has 0 spiro atoms. The van der Waals surface area contributed by atoms with Crippen molar-refractivity contribution in [3.63, 3.8) is 0 Å². The summed E-state index contributed by atoms with van der Waals surface area (Å²) in [6.07, 6.45) is -3.42. The number of rotatable bonds is 3. The maximum absolute atomic E-state index is 13.2. The van der Waals surface area contributed by atoms with E-state index in [9.17, 15) is 18.0 Å². The summed E-state index contributed by atoms with van der Waals surface area (Å²) in [5.41, 5.74) is 4.10. The molecule has 31 heavy (non-hydrogen) atoms. The minimum absolute atomic E-state index is 0.00735. The van der Waals surface area contributed by atoms with Crippen molar-refractivity contribution < 1.29 is 22.7 Å². The fourth-order valence-corrected chi connectivity index (χ4v) is 2.39. The third kappa shape index (κ3) is 6.88. The van der Waals surface area contributed by atoms with E-state index in [1.165, 1.54) is 13.2 Å². The third-order valence-electron chi connectivity index (χ3n) is 3.60. The van der Waals surface area contributed by atoms with Crippen LogP contribution in [0, 0.1) is 0 Å². The quantitative estimate of drug-likeness (QED) is 0.411. The van der Waals surface area contributed by atoms with Gasteiger partial charge in [-0.05, 0) is 51.2 Å². The van der Waals surface area contributed by atoms with Crippen LogP contribution >= 0.6 is 12.2 Å². The highest BCUT2D eigenvalue weighted by Crippen LogP contribution is 2.34. The largest absolute Gasteiger partial charge is 0.443 e. The number of hydrogen-bond acceptors (Lipinski definition) is 5. The Morgan fingerprint density at radius 3 is 2.48 bits per heavy atom. The van der Waals surface area contributed by atoms with E-state index >= 15 is 0 Å².